The molecule has 134 valence electrons. The summed E-state index contributed by atoms with van der Waals surface area (Å²) >= 11 is 0. The molecular weight excluding hydrogens is 308 g/mol. The first-order chi connectivity index (χ1) is 10.5. The molecule has 0 bridgehead atoms. The average molecular weight is 343 g/mol. The summed E-state index contributed by atoms with van der Waals surface area (Å²) in [7, 11) is 0. The Morgan fingerprint density at radius 3 is 2.35 bits per heavy atom. The highest BCUT2D eigenvalue weighted by Crippen LogP contribution is 2.58. The Bertz CT molecular complexity index is 410. The molecule has 2 aliphatic carbocycles. The van der Waals surface area contributed by atoms with Crippen LogP contribution in [0.2, 0.25) is 0 Å². The number of rotatable bonds is 4. The molecule has 4 heteroatoms. The number of amides is 1. The fourth-order valence-corrected chi connectivity index (χ4v) is 4.81. The molecule has 3 fully saturated rings. The molecule has 1 heterocycles. The van der Waals surface area contributed by atoms with Gasteiger partial charge in [0.25, 0.3) is 0 Å². The van der Waals surface area contributed by atoms with Crippen molar-refractivity contribution in [1.29, 1.82) is 0 Å². The second kappa shape index (κ2) is 7.31. The van der Waals surface area contributed by atoms with Gasteiger partial charge in [0.05, 0.1) is 0 Å². The third-order valence-electron chi connectivity index (χ3n) is 7.20. The maximum atomic E-state index is 12.6. The minimum absolute atomic E-state index is 0. The Morgan fingerprint density at radius 1 is 1.17 bits per heavy atom. The third-order valence-corrected chi connectivity index (χ3v) is 7.20. The van der Waals surface area contributed by atoms with Crippen molar-refractivity contribution < 1.29 is 4.79 Å². The maximum absolute atomic E-state index is 12.6. The van der Waals surface area contributed by atoms with Gasteiger partial charge in [0.2, 0.25) is 5.91 Å². The number of hydrogen-bond donors (Lipinski definition) is 2. The Morgan fingerprint density at radius 2 is 1.78 bits per heavy atom. The Labute approximate surface area is 148 Å². The Balaban J connectivity index is 0.00000192. The lowest BCUT2D eigenvalue weighted by Gasteiger charge is -2.39. The van der Waals surface area contributed by atoms with Gasteiger partial charge in [-0.15, -0.1) is 12.4 Å². The lowest BCUT2D eigenvalue weighted by atomic mass is 9.69. The zero-order valence-corrected chi connectivity index (χ0v) is 15.9. The van der Waals surface area contributed by atoms with Crippen molar-refractivity contribution >= 4 is 18.3 Å². The number of carbonyl (C=O) groups is 1. The molecule has 1 saturated heterocycles. The lowest BCUT2D eigenvalue weighted by molar-refractivity contribution is -0.124. The van der Waals surface area contributed by atoms with Crippen LogP contribution in [-0.2, 0) is 4.79 Å². The smallest absolute Gasteiger partial charge is 0.223 e. The largest absolute Gasteiger partial charge is 0.353 e. The van der Waals surface area contributed by atoms with Gasteiger partial charge in [-0.05, 0) is 74.8 Å². The van der Waals surface area contributed by atoms with E-state index in [1.807, 2.05) is 0 Å². The highest BCUT2D eigenvalue weighted by atomic mass is 35.5. The van der Waals surface area contributed by atoms with E-state index in [4.69, 9.17) is 0 Å². The van der Waals surface area contributed by atoms with Gasteiger partial charge < -0.3 is 10.6 Å². The molecule has 1 spiro atoms. The molecule has 1 amide bonds. The van der Waals surface area contributed by atoms with Crippen LogP contribution in [0.3, 0.4) is 0 Å². The molecule has 3 nitrogen and oxygen atoms in total. The minimum atomic E-state index is 0. The van der Waals surface area contributed by atoms with Crippen LogP contribution < -0.4 is 10.6 Å². The van der Waals surface area contributed by atoms with Crippen LogP contribution in [0.4, 0.5) is 0 Å². The van der Waals surface area contributed by atoms with Gasteiger partial charge in [-0.2, -0.15) is 0 Å². The van der Waals surface area contributed by atoms with Crippen LogP contribution in [0.5, 0.6) is 0 Å². The summed E-state index contributed by atoms with van der Waals surface area (Å²) in [5, 5.41) is 6.80. The summed E-state index contributed by atoms with van der Waals surface area (Å²) in [4.78, 5) is 12.6. The molecule has 0 aromatic rings. The van der Waals surface area contributed by atoms with Crippen LogP contribution in [0, 0.1) is 22.7 Å². The fourth-order valence-electron chi connectivity index (χ4n) is 4.81. The molecule has 0 radical (unpaired) electrons. The quantitative estimate of drug-likeness (QED) is 0.813. The second-order valence-corrected chi connectivity index (χ2v) is 8.77. The third kappa shape index (κ3) is 4.04. The van der Waals surface area contributed by atoms with Crippen molar-refractivity contribution in [3.63, 3.8) is 0 Å². The molecule has 1 atom stereocenters. The summed E-state index contributed by atoms with van der Waals surface area (Å²) in [6.07, 6.45) is 9.72. The molecular formula is C19H35ClN2O. The summed E-state index contributed by atoms with van der Waals surface area (Å²) in [6.45, 7) is 9.31. The number of hydrogen-bond acceptors (Lipinski definition) is 2. The van der Waals surface area contributed by atoms with Gasteiger partial charge in [0, 0.05) is 12.0 Å². The Kier molecular flexibility index (Phi) is 6.05. The first-order valence-electron chi connectivity index (χ1n) is 9.48. The van der Waals surface area contributed by atoms with E-state index in [1.54, 1.807) is 0 Å². The second-order valence-electron chi connectivity index (χ2n) is 8.77. The van der Waals surface area contributed by atoms with E-state index >= 15 is 0 Å². The van der Waals surface area contributed by atoms with E-state index in [9.17, 15) is 4.79 Å². The zero-order valence-electron chi connectivity index (χ0n) is 15.1. The van der Waals surface area contributed by atoms with E-state index < -0.39 is 0 Å². The van der Waals surface area contributed by atoms with Crippen LogP contribution >= 0.6 is 12.4 Å². The van der Waals surface area contributed by atoms with Gasteiger partial charge >= 0.3 is 0 Å². The summed E-state index contributed by atoms with van der Waals surface area (Å²) < 4.78 is 0. The van der Waals surface area contributed by atoms with Crippen LogP contribution in [0.1, 0.15) is 72.1 Å². The van der Waals surface area contributed by atoms with E-state index in [0.29, 0.717) is 28.7 Å². The maximum Gasteiger partial charge on any atom is 0.223 e. The number of piperidine rings is 1. The predicted octanol–water partition coefficient (Wildman–Crippen LogP) is 3.91. The molecule has 0 aromatic carbocycles. The standard InChI is InChI=1S/C19H34N2O.ClH/c1-4-18(2,3)14-5-7-15(8-6-14)21-17(22)16-13-19(16)9-11-20-12-10-19;/h14-16,20H,4-13H2,1-3H3,(H,21,22);1H. The summed E-state index contributed by atoms with van der Waals surface area (Å²) in [5.74, 6) is 1.52. The highest BCUT2D eigenvalue weighted by molar-refractivity contribution is 5.85. The first kappa shape index (κ1) is 19.1. The van der Waals surface area contributed by atoms with Gasteiger partial charge in [-0.1, -0.05) is 27.2 Å². The van der Waals surface area contributed by atoms with Crippen molar-refractivity contribution in [3.05, 3.63) is 0 Å². The molecule has 1 unspecified atom stereocenters. The molecule has 23 heavy (non-hydrogen) atoms. The normalized spacial score (nSPS) is 32.9. The summed E-state index contributed by atoms with van der Waals surface area (Å²) in [6, 6.07) is 0.441. The van der Waals surface area contributed by atoms with Crippen LogP contribution in [0.15, 0.2) is 0 Å². The first-order valence-corrected chi connectivity index (χ1v) is 9.48. The van der Waals surface area contributed by atoms with Crippen LogP contribution in [0.25, 0.3) is 0 Å². The molecule has 0 aromatic heterocycles. The monoisotopic (exact) mass is 342 g/mol. The predicted molar refractivity (Wildman–Crippen MR) is 97.9 cm³/mol. The average Bonchev–Trinajstić information content (AvgIpc) is 3.22. The topological polar surface area (TPSA) is 41.1 Å². The summed E-state index contributed by atoms with van der Waals surface area (Å²) in [5.41, 5.74) is 0.835. The number of carbonyl (C=O) groups excluding carboxylic acids is 1. The Hall–Kier alpha value is -0.280. The molecule has 1 aliphatic heterocycles. The molecule has 2 saturated carbocycles. The number of nitrogens with one attached hydrogen (secondary N) is 2. The minimum Gasteiger partial charge on any atom is -0.353 e. The van der Waals surface area contributed by atoms with Gasteiger partial charge in [0.1, 0.15) is 0 Å². The van der Waals surface area contributed by atoms with E-state index in [2.05, 4.69) is 31.4 Å². The van der Waals surface area contributed by atoms with Crippen molar-refractivity contribution in [1.82, 2.24) is 10.6 Å². The van der Waals surface area contributed by atoms with Gasteiger partial charge in [0.15, 0.2) is 0 Å². The van der Waals surface area contributed by atoms with Crippen molar-refractivity contribution in [3.8, 4) is 0 Å². The van der Waals surface area contributed by atoms with E-state index in [-0.39, 0.29) is 12.4 Å². The molecule has 2 N–H and O–H groups in total. The van der Waals surface area contributed by atoms with Crippen molar-refractivity contribution in [2.24, 2.45) is 22.7 Å². The van der Waals surface area contributed by atoms with E-state index in [0.717, 1.165) is 25.4 Å². The fraction of sp³-hybridized carbons (Fsp3) is 0.947. The molecule has 3 aliphatic rings. The SMILES string of the molecule is CCC(C)(C)C1CCC(NC(=O)C2CC23CCNCC3)CC1.Cl. The molecule has 3 rings (SSSR count). The zero-order chi connectivity index (χ0) is 15.8. The van der Waals surface area contributed by atoms with Crippen LogP contribution in [-0.4, -0.2) is 25.0 Å². The lowest BCUT2D eigenvalue weighted by Crippen LogP contribution is -2.41. The van der Waals surface area contributed by atoms with Gasteiger partial charge in [-0.25, -0.2) is 0 Å². The highest BCUT2D eigenvalue weighted by Gasteiger charge is 2.57. The van der Waals surface area contributed by atoms with E-state index in [1.165, 1.54) is 44.9 Å². The number of halogens is 1. The van der Waals surface area contributed by atoms with Crippen molar-refractivity contribution in [2.75, 3.05) is 13.1 Å². The van der Waals surface area contributed by atoms with Crippen molar-refractivity contribution in [2.45, 2.75) is 78.2 Å². The van der Waals surface area contributed by atoms with Gasteiger partial charge in [-0.3, -0.25) is 4.79 Å².